The zero-order valence-electron chi connectivity index (χ0n) is 12.4. The maximum absolute atomic E-state index is 12.0. The molecule has 1 heterocycles. The van der Waals surface area contributed by atoms with Gasteiger partial charge in [0.2, 0.25) is 5.91 Å². The van der Waals surface area contributed by atoms with E-state index in [4.69, 9.17) is 11.6 Å². The van der Waals surface area contributed by atoms with Gasteiger partial charge in [-0.2, -0.15) is 0 Å². The molecule has 116 valence electrons. The van der Waals surface area contributed by atoms with Crippen LogP contribution in [0.3, 0.4) is 0 Å². The van der Waals surface area contributed by atoms with E-state index in [9.17, 15) is 9.90 Å². The predicted octanol–water partition coefficient (Wildman–Crippen LogP) is 2.91. The van der Waals surface area contributed by atoms with Gasteiger partial charge < -0.3 is 10.4 Å². The molecule has 2 N–H and O–H groups in total. The van der Waals surface area contributed by atoms with Gasteiger partial charge in [0, 0.05) is 23.8 Å². The van der Waals surface area contributed by atoms with Crippen molar-refractivity contribution in [1.82, 2.24) is 10.3 Å². The van der Waals surface area contributed by atoms with Gasteiger partial charge in [0.05, 0.1) is 12.1 Å². The molecule has 0 aliphatic carbocycles. The second-order valence-electron chi connectivity index (χ2n) is 5.21. The Hall–Kier alpha value is -1.91. The summed E-state index contributed by atoms with van der Waals surface area (Å²) in [5.74, 6) is -0.0858. The van der Waals surface area contributed by atoms with Gasteiger partial charge in [-0.05, 0) is 48.7 Å². The molecule has 0 bridgehead atoms. The molecule has 0 radical (unpaired) electrons. The Morgan fingerprint density at radius 2 is 1.86 bits per heavy atom. The first-order chi connectivity index (χ1) is 10.6. The minimum atomic E-state index is -0.762. The maximum atomic E-state index is 12.0. The Labute approximate surface area is 135 Å². The van der Waals surface area contributed by atoms with Gasteiger partial charge in [0.25, 0.3) is 0 Å². The van der Waals surface area contributed by atoms with Crippen LogP contribution in [0.2, 0.25) is 5.02 Å². The van der Waals surface area contributed by atoms with Crippen LogP contribution in [-0.4, -0.2) is 22.0 Å². The molecule has 0 fully saturated rings. The number of halogens is 1. The number of aliphatic hydroxyl groups is 1. The number of aromatic nitrogens is 1. The van der Waals surface area contributed by atoms with Gasteiger partial charge in [-0.25, -0.2) is 0 Å². The Bertz CT molecular complexity index is 602. The largest absolute Gasteiger partial charge is 0.386 e. The normalized spacial score (nSPS) is 13.4. The summed E-state index contributed by atoms with van der Waals surface area (Å²) in [7, 11) is 0. The summed E-state index contributed by atoms with van der Waals surface area (Å²) in [6.07, 6.45) is 3.68. The van der Waals surface area contributed by atoms with Crippen LogP contribution in [0.4, 0.5) is 0 Å². The van der Waals surface area contributed by atoms with Crippen LogP contribution in [0.25, 0.3) is 0 Å². The first-order valence-corrected chi connectivity index (χ1v) is 7.56. The lowest BCUT2D eigenvalue weighted by Crippen LogP contribution is -2.37. The monoisotopic (exact) mass is 318 g/mol. The second-order valence-corrected chi connectivity index (χ2v) is 5.64. The van der Waals surface area contributed by atoms with Crippen molar-refractivity contribution in [2.45, 2.75) is 31.9 Å². The fraction of sp³-hybridized carbons (Fsp3) is 0.294. The van der Waals surface area contributed by atoms with E-state index < -0.39 is 6.10 Å². The number of nitrogens with zero attached hydrogens (tertiary/aromatic N) is 1. The molecule has 0 aliphatic heterocycles. The van der Waals surface area contributed by atoms with E-state index in [1.165, 1.54) is 0 Å². The lowest BCUT2D eigenvalue weighted by molar-refractivity contribution is -0.122. The molecule has 2 rings (SSSR count). The zero-order chi connectivity index (χ0) is 15.9. The predicted molar refractivity (Wildman–Crippen MR) is 86.6 cm³/mol. The molecule has 2 aromatic rings. The molecule has 1 aromatic carbocycles. The average Bonchev–Trinajstić information content (AvgIpc) is 2.54. The van der Waals surface area contributed by atoms with Gasteiger partial charge in [0.15, 0.2) is 0 Å². The molecule has 0 saturated heterocycles. The van der Waals surface area contributed by atoms with Crippen molar-refractivity contribution in [3.8, 4) is 0 Å². The van der Waals surface area contributed by atoms with Crippen LogP contribution in [0, 0.1) is 0 Å². The van der Waals surface area contributed by atoms with Crippen molar-refractivity contribution < 1.29 is 9.90 Å². The van der Waals surface area contributed by atoms with E-state index in [0.717, 1.165) is 11.1 Å². The molecule has 1 amide bonds. The molecular formula is C17H19ClN2O2. The first-order valence-electron chi connectivity index (χ1n) is 7.18. The molecule has 5 heteroatoms. The summed E-state index contributed by atoms with van der Waals surface area (Å²) in [4.78, 5) is 15.9. The van der Waals surface area contributed by atoms with Gasteiger partial charge in [0.1, 0.15) is 0 Å². The van der Waals surface area contributed by atoms with Crippen molar-refractivity contribution in [1.29, 1.82) is 0 Å². The number of benzene rings is 1. The van der Waals surface area contributed by atoms with Crippen LogP contribution in [0.5, 0.6) is 0 Å². The molecule has 0 saturated carbocycles. The van der Waals surface area contributed by atoms with E-state index in [0.29, 0.717) is 17.9 Å². The number of amides is 1. The molecule has 1 aromatic heterocycles. The number of aliphatic hydroxyl groups excluding tert-OH is 1. The zero-order valence-corrected chi connectivity index (χ0v) is 13.1. The number of rotatable bonds is 6. The highest BCUT2D eigenvalue weighted by molar-refractivity contribution is 6.30. The summed E-state index contributed by atoms with van der Waals surface area (Å²) in [6, 6.07) is 10.4. The molecule has 4 nitrogen and oxygen atoms in total. The number of nitrogens with one attached hydrogen (secondary N) is 1. The van der Waals surface area contributed by atoms with Crippen LogP contribution in [0.15, 0.2) is 48.8 Å². The Morgan fingerprint density at radius 1 is 1.23 bits per heavy atom. The summed E-state index contributed by atoms with van der Waals surface area (Å²) >= 11 is 5.82. The number of carbonyl (C=O) groups excluding carboxylic acids is 1. The SMILES string of the molecule is CC(NC(=O)CCc1ccncc1)C(O)c1ccc(Cl)cc1. The van der Waals surface area contributed by atoms with Crippen molar-refractivity contribution in [2.24, 2.45) is 0 Å². The highest BCUT2D eigenvalue weighted by atomic mass is 35.5. The minimum Gasteiger partial charge on any atom is -0.386 e. The van der Waals surface area contributed by atoms with E-state index in [1.807, 2.05) is 12.1 Å². The van der Waals surface area contributed by atoms with Crippen LogP contribution < -0.4 is 5.32 Å². The molecule has 0 aliphatic rings. The smallest absolute Gasteiger partial charge is 0.220 e. The van der Waals surface area contributed by atoms with Gasteiger partial charge in [-0.1, -0.05) is 23.7 Å². The molecule has 22 heavy (non-hydrogen) atoms. The fourth-order valence-electron chi connectivity index (χ4n) is 2.16. The van der Waals surface area contributed by atoms with Crippen molar-refractivity contribution in [3.05, 3.63) is 64.9 Å². The Balaban J connectivity index is 1.84. The maximum Gasteiger partial charge on any atom is 0.220 e. The molecule has 2 atom stereocenters. The molecule has 2 unspecified atom stereocenters. The standard InChI is InChI=1S/C17H19ClN2O2/c1-12(17(22)14-3-5-15(18)6-4-14)20-16(21)7-2-13-8-10-19-11-9-13/h3-6,8-12,17,22H,2,7H2,1H3,(H,20,21). The van der Waals surface area contributed by atoms with E-state index in [-0.39, 0.29) is 11.9 Å². The van der Waals surface area contributed by atoms with Gasteiger partial charge >= 0.3 is 0 Å². The number of hydrogen-bond acceptors (Lipinski definition) is 3. The Kier molecular flexibility index (Phi) is 5.92. The lowest BCUT2D eigenvalue weighted by Gasteiger charge is -2.20. The highest BCUT2D eigenvalue weighted by Crippen LogP contribution is 2.19. The molecule has 0 spiro atoms. The van der Waals surface area contributed by atoms with Crippen LogP contribution >= 0.6 is 11.6 Å². The summed E-state index contributed by atoms with van der Waals surface area (Å²) in [5.41, 5.74) is 1.79. The lowest BCUT2D eigenvalue weighted by atomic mass is 10.0. The third-order valence-electron chi connectivity index (χ3n) is 3.46. The third-order valence-corrected chi connectivity index (χ3v) is 3.72. The quantitative estimate of drug-likeness (QED) is 0.861. The van der Waals surface area contributed by atoms with Crippen LogP contribution in [-0.2, 0) is 11.2 Å². The van der Waals surface area contributed by atoms with Crippen molar-refractivity contribution >= 4 is 17.5 Å². The van der Waals surface area contributed by atoms with Crippen LogP contribution in [0.1, 0.15) is 30.6 Å². The second kappa shape index (κ2) is 7.92. The topological polar surface area (TPSA) is 62.2 Å². The number of carbonyl (C=O) groups is 1. The average molecular weight is 319 g/mol. The summed E-state index contributed by atoms with van der Waals surface area (Å²) in [5, 5.41) is 13.7. The minimum absolute atomic E-state index is 0.0858. The first kappa shape index (κ1) is 16.5. The van der Waals surface area contributed by atoms with Crippen molar-refractivity contribution in [2.75, 3.05) is 0 Å². The van der Waals surface area contributed by atoms with E-state index in [1.54, 1.807) is 43.6 Å². The third kappa shape index (κ3) is 4.83. The van der Waals surface area contributed by atoms with Gasteiger partial charge in [-0.15, -0.1) is 0 Å². The summed E-state index contributed by atoms with van der Waals surface area (Å²) < 4.78 is 0. The number of pyridine rings is 1. The summed E-state index contributed by atoms with van der Waals surface area (Å²) in [6.45, 7) is 1.78. The fourth-order valence-corrected chi connectivity index (χ4v) is 2.29. The van der Waals surface area contributed by atoms with E-state index >= 15 is 0 Å². The Morgan fingerprint density at radius 3 is 2.50 bits per heavy atom. The number of hydrogen-bond donors (Lipinski definition) is 2. The van der Waals surface area contributed by atoms with E-state index in [2.05, 4.69) is 10.3 Å². The number of aryl methyl sites for hydroxylation is 1. The van der Waals surface area contributed by atoms with Gasteiger partial charge in [-0.3, -0.25) is 9.78 Å². The molecular weight excluding hydrogens is 300 g/mol. The highest BCUT2D eigenvalue weighted by Gasteiger charge is 2.18. The van der Waals surface area contributed by atoms with Crippen molar-refractivity contribution in [3.63, 3.8) is 0 Å².